The van der Waals surface area contributed by atoms with Crippen molar-refractivity contribution in [1.82, 2.24) is 5.32 Å². The number of nitrogens with zero attached hydrogens (tertiary/aromatic N) is 1. The van der Waals surface area contributed by atoms with E-state index in [2.05, 4.69) is 5.32 Å². The Hall–Kier alpha value is -2.74. The maximum absolute atomic E-state index is 13.7. The Labute approximate surface area is 189 Å². The molecule has 172 valence electrons. The number of hydrogen-bond acceptors (Lipinski definition) is 5. The predicted molar refractivity (Wildman–Crippen MR) is 123 cm³/mol. The van der Waals surface area contributed by atoms with Gasteiger partial charge in [0, 0.05) is 12.1 Å². The van der Waals surface area contributed by atoms with Crippen molar-refractivity contribution in [3.8, 4) is 11.5 Å². The Balaban J connectivity index is 1.68. The molecule has 3 atom stereocenters. The third-order valence-corrected chi connectivity index (χ3v) is 8.41. The molecule has 2 saturated carbocycles. The molecule has 1 N–H and O–H groups in total. The number of aryl methyl sites for hydroxylation is 1. The first kappa shape index (κ1) is 22.5. The Morgan fingerprint density at radius 3 is 2.41 bits per heavy atom. The van der Waals surface area contributed by atoms with Crippen LogP contribution in [0.15, 0.2) is 47.4 Å². The number of sulfonamides is 1. The molecule has 2 bridgehead atoms. The lowest BCUT2D eigenvalue weighted by Crippen LogP contribution is -2.46. The molecule has 0 spiro atoms. The number of carbonyl (C=O) groups is 1. The number of ether oxygens (including phenoxy) is 2. The van der Waals surface area contributed by atoms with Crippen LogP contribution in [0.2, 0.25) is 0 Å². The Bertz CT molecular complexity index is 1080. The second-order valence-electron chi connectivity index (χ2n) is 8.71. The van der Waals surface area contributed by atoms with Crippen molar-refractivity contribution in [2.24, 2.45) is 11.8 Å². The van der Waals surface area contributed by atoms with Gasteiger partial charge < -0.3 is 14.8 Å². The summed E-state index contributed by atoms with van der Waals surface area (Å²) in [6, 6.07) is 11.6. The van der Waals surface area contributed by atoms with E-state index >= 15 is 0 Å². The number of methoxy groups -OCH3 is 2. The number of nitrogens with one attached hydrogen (secondary N) is 1. The molecular formula is C24H30N2O5S. The van der Waals surface area contributed by atoms with Gasteiger partial charge in [-0.3, -0.25) is 9.10 Å². The van der Waals surface area contributed by atoms with Crippen LogP contribution in [0.4, 0.5) is 5.69 Å². The van der Waals surface area contributed by atoms with Crippen LogP contribution < -0.4 is 19.1 Å². The molecule has 2 aromatic carbocycles. The van der Waals surface area contributed by atoms with Crippen LogP contribution in [-0.2, 0) is 14.8 Å². The summed E-state index contributed by atoms with van der Waals surface area (Å²) in [5.41, 5.74) is 1.21. The molecule has 2 aliphatic carbocycles. The fourth-order valence-electron chi connectivity index (χ4n) is 4.93. The van der Waals surface area contributed by atoms with Gasteiger partial charge in [-0.15, -0.1) is 0 Å². The lowest BCUT2D eigenvalue weighted by atomic mass is 9.95. The maximum atomic E-state index is 13.7. The highest BCUT2D eigenvalue weighted by Gasteiger charge is 2.40. The van der Waals surface area contributed by atoms with Gasteiger partial charge in [-0.1, -0.05) is 24.1 Å². The minimum Gasteiger partial charge on any atom is -0.497 e. The summed E-state index contributed by atoms with van der Waals surface area (Å²) in [4.78, 5) is 13.2. The SMILES string of the molecule is COc1ccc(OC)c(N(CC(=O)N[C@H]2C[C@@H]3CC[C@H]2C3)S(=O)(=O)c2ccc(C)cc2)c1. The summed E-state index contributed by atoms with van der Waals surface area (Å²) in [5, 5.41) is 3.09. The standard InChI is InChI=1S/C24H30N2O5S/c1-16-4-9-20(10-5-16)32(28,29)26(22-14-19(30-2)8-11-23(22)31-3)15-24(27)25-21-13-17-6-7-18(21)12-17/h4-5,8-11,14,17-18,21H,6-7,12-13,15H2,1-3H3,(H,25,27)/t17-,18+,21+/m1/s1. The van der Waals surface area contributed by atoms with Crippen LogP contribution in [0.1, 0.15) is 31.2 Å². The monoisotopic (exact) mass is 458 g/mol. The molecule has 4 rings (SSSR count). The van der Waals surface area contributed by atoms with E-state index in [1.54, 1.807) is 42.5 Å². The van der Waals surface area contributed by atoms with Crippen LogP contribution in [0.5, 0.6) is 11.5 Å². The highest BCUT2D eigenvalue weighted by molar-refractivity contribution is 7.92. The fraction of sp³-hybridized carbons (Fsp3) is 0.458. The van der Waals surface area contributed by atoms with Gasteiger partial charge in [-0.25, -0.2) is 8.42 Å². The second-order valence-corrected chi connectivity index (χ2v) is 10.6. The summed E-state index contributed by atoms with van der Waals surface area (Å²) in [7, 11) is -1.05. The minimum absolute atomic E-state index is 0.112. The summed E-state index contributed by atoms with van der Waals surface area (Å²) >= 11 is 0. The van der Waals surface area contributed by atoms with Gasteiger partial charge in [0.05, 0.1) is 24.8 Å². The summed E-state index contributed by atoms with van der Waals surface area (Å²) in [6.07, 6.45) is 4.49. The lowest BCUT2D eigenvalue weighted by Gasteiger charge is -2.28. The van der Waals surface area contributed by atoms with Crippen LogP contribution in [0.25, 0.3) is 0 Å². The van der Waals surface area contributed by atoms with Gasteiger partial charge in [0.1, 0.15) is 18.0 Å². The number of hydrogen-bond donors (Lipinski definition) is 1. The van der Waals surface area contributed by atoms with E-state index in [4.69, 9.17) is 9.47 Å². The summed E-state index contributed by atoms with van der Waals surface area (Å²) in [5.74, 6) is 1.67. The quantitative estimate of drug-likeness (QED) is 0.654. The molecule has 7 nitrogen and oxygen atoms in total. The fourth-order valence-corrected chi connectivity index (χ4v) is 6.36. The van der Waals surface area contributed by atoms with Crippen LogP contribution >= 0.6 is 0 Å². The topological polar surface area (TPSA) is 84.9 Å². The van der Waals surface area contributed by atoms with E-state index in [0.717, 1.165) is 29.1 Å². The molecule has 2 fully saturated rings. The third kappa shape index (κ3) is 4.41. The number of rotatable bonds is 8. The lowest BCUT2D eigenvalue weighted by molar-refractivity contribution is -0.120. The van der Waals surface area contributed by atoms with Gasteiger partial charge in [-0.2, -0.15) is 0 Å². The van der Waals surface area contributed by atoms with E-state index in [0.29, 0.717) is 23.3 Å². The zero-order valence-electron chi connectivity index (χ0n) is 18.7. The van der Waals surface area contributed by atoms with Gasteiger partial charge in [0.15, 0.2) is 0 Å². The van der Waals surface area contributed by atoms with E-state index in [1.807, 2.05) is 6.92 Å². The van der Waals surface area contributed by atoms with Crippen LogP contribution in [0.3, 0.4) is 0 Å². The van der Waals surface area contributed by atoms with E-state index < -0.39 is 10.0 Å². The molecule has 1 amide bonds. The van der Waals surface area contributed by atoms with Gasteiger partial charge in [0.25, 0.3) is 10.0 Å². The summed E-state index contributed by atoms with van der Waals surface area (Å²) < 4.78 is 39.2. The van der Waals surface area contributed by atoms with Gasteiger partial charge in [0.2, 0.25) is 5.91 Å². The number of fused-ring (bicyclic) bond motifs is 2. The molecule has 0 unspecified atom stereocenters. The highest BCUT2D eigenvalue weighted by Crippen LogP contribution is 2.44. The van der Waals surface area contributed by atoms with E-state index in [1.165, 1.54) is 20.6 Å². The van der Waals surface area contributed by atoms with E-state index in [-0.39, 0.29) is 29.1 Å². The van der Waals surface area contributed by atoms with Crippen molar-refractivity contribution in [3.05, 3.63) is 48.0 Å². The highest BCUT2D eigenvalue weighted by atomic mass is 32.2. The molecule has 0 radical (unpaired) electrons. The second kappa shape index (κ2) is 9.02. The number of benzene rings is 2. The normalized spacial score (nSPS) is 21.9. The first-order chi connectivity index (χ1) is 15.3. The predicted octanol–water partition coefficient (Wildman–Crippen LogP) is 3.51. The number of amides is 1. The average Bonchev–Trinajstić information content (AvgIpc) is 3.40. The Kier molecular flexibility index (Phi) is 6.33. The van der Waals surface area contributed by atoms with Crippen molar-refractivity contribution in [3.63, 3.8) is 0 Å². The molecule has 0 aromatic heterocycles. The largest absolute Gasteiger partial charge is 0.497 e. The average molecular weight is 459 g/mol. The third-order valence-electron chi connectivity index (χ3n) is 6.64. The Morgan fingerprint density at radius 2 is 1.81 bits per heavy atom. The van der Waals surface area contributed by atoms with Crippen LogP contribution in [-0.4, -0.2) is 41.1 Å². The maximum Gasteiger partial charge on any atom is 0.264 e. The Morgan fingerprint density at radius 1 is 1.06 bits per heavy atom. The number of anilines is 1. The zero-order valence-corrected chi connectivity index (χ0v) is 19.5. The molecule has 0 heterocycles. The van der Waals surface area contributed by atoms with Crippen molar-refractivity contribution in [2.75, 3.05) is 25.1 Å². The minimum atomic E-state index is -4.03. The van der Waals surface area contributed by atoms with Gasteiger partial charge >= 0.3 is 0 Å². The molecule has 8 heteroatoms. The molecule has 2 aliphatic rings. The molecule has 0 saturated heterocycles. The molecule has 0 aliphatic heterocycles. The number of carbonyl (C=O) groups excluding carboxylic acids is 1. The first-order valence-corrected chi connectivity index (χ1v) is 12.4. The van der Waals surface area contributed by atoms with Gasteiger partial charge in [-0.05, 0) is 62.3 Å². The van der Waals surface area contributed by atoms with Crippen molar-refractivity contribution in [2.45, 2.75) is 43.5 Å². The van der Waals surface area contributed by atoms with Crippen molar-refractivity contribution < 1.29 is 22.7 Å². The smallest absolute Gasteiger partial charge is 0.264 e. The van der Waals surface area contributed by atoms with Crippen molar-refractivity contribution >= 4 is 21.6 Å². The molecule has 2 aromatic rings. The molecule has 32 heavy (non-hydrogen) atoms. The van der Waals surface area contributed by atoms with Crippen molar-refractivity contribution in [1.29, 1.82) is 0 Å². The van der Waals surface area contributed by atoms with E-state index in [9.17, 15) is 13.2 Å². The molecular weight excluding hydrogens is 428 g/mol. The zero-order chi connectivity index (χ0) is 22.9. The summed E-state index contributed by atoms with van der Waals surface area (Å²) in [6.45, 7) is 1.55. The first-order valence-electron chi connectivity index (χ1n) is 10.9. The van der Waals surface area contributed by atoms with Crippen LogP contribution in [0, 0.1) is 18.8 Å².